The maximum atomic E-state index is 4.48. The van der Waals surface area contributed by atoms with E-state index in [0.29, 0.717) is 6.04 Å². The highest BCUT2D eigenvalue weighted by Crippen LogP contribution is 2.27. The molecular formula is C12H21N3. The van der Waals surface area contributed by atoms with E-state index in [1.54, 1.807) is 0 Å². The average Bonchev–Trinajstić information content (AvgIpc) is 2.76. The lowest BCUT2D eigenvalue weighted by atomic mass is 9.96. The molecular weight excluding hydrogens is 186 g/mol. The van der Waals surface area contributed by atoms with Gasteiger partial charge in [0.05, 0.1) is 12.2 Å². The van der Waals surface area contributed by atoms with Crippen LogP contribution in [0.3, 0.4) is 0 Å². The molecule has 1 saturated carbocycles. The quantitative estimate of drug-likeness (QED) is 0.820. The van der Waals surface area contributed by atoms with Gasteiger partial charge in [-0.3, -0.25) is 4.68 Å². The first kappa shape index (κ1) is 10.7. The minimum Gasteiger partial charge on any atom is -0.319 e. The van der Waals surface area contributed by atoms with Gasteiger partial charge in [-0.2, -0.15) is 5.10 Å². The van der Waals surface area contributed by atoms with Crippen LogP contribution in [0.5, 0.6) is 0 Å². The van der Waals surface area contributed by atoms with Crippen LogP contribution in [0.1, 0.15) is 43.7 Å². The lowest BCUT2D eigenvalue weighted by Crippen LogP contribution is -2.13. The van der Waals surface area contributed by atoms with Crippen molar-refractivity contribution in [3.05, 3.63) is 18.0 Å². The molecule has 3 nitrogen and oxygen atoms in total. The molecule has 0 unspecified atom stereocenters. The van der Waals surface area contributed by atoms with E-state index >= 15 is 0 Å². The van der Waals surface area contributed by atoms with Gasteiger partial charge in [0.25, 0.3) is 0 Å². The monoisotopic (exact) mass is 207 g/mol. The van der Waals surface area contributed by atoms with Crippen molar-refractivity contribution in [2.45, 2.75) is 44.6 Å². The summed E-state index contributed by atoms with van der Waals surface area (Å²) < 4.78 is 2.18. The Balaban J connectivity index is 1.93. The summed E-state index contributed by atoms with van der Waals surface area (Å²) in [5, 5.41) is 7.65. The van der Waals surface area contributed by atoms with Gasteiger partial charge in [0.1, 0.15) is 0 Å². The second-order valence-electron chi connectivity index (χ2n) is 4.47. The van der Waals surface area contributed by atoms with E-state index in [9.17, 15) is 0 Å². The predicted octanol–water partition coefficient (Wildman–Crippen LogP) is 2.15. The van der Waals surface area contributed by atoms with Gasteiger partial charge in [-0.25, -0.2) is 0 Å². The lowest BCUT2D eigenvalue weighted by Gasteiger charge is -2.21. The van der Waals surface area contributed by atoms with Crippen LogP contribution in [-0.4, -0.2) is 23.4 Å². The Morgan fingerprint density at radius 1 is 1.40 bits per heavy atom. The molecule has 1 aromatic rings. The van der Waals surface area contributed by atoms with Crippen LogP contribution in [0.2, 0.25) is 0 Å². The van der Waals surface area contributed by atoms with Crippen LogP contribution in [0.15, 0.2) is 12.4 Å². The first-order valence-electron chi connectivity index (χ1n) is 6.08. The molecule has 0 atom stereocenters. The second kappa shape index (κ2) is 5.31. The van der Waals surface area contributed by atoms with Crippen molar-refractivity contribution in [2.75, 3.05) is 13.6 Å². The van der Waals surface area contributed by atoms with Gasteiger partial charge in [-0.05, 0) is 38.4 Å². The van der Waals surface area contributed by atoms with Gasteiger partial charge in [-0.15, -0.1) is 0 Å². The number of aromatic nitrogens is 2. The zero-order valence-electron chi connectivity index (χ0n) is 9.58. The molecule has 0 amide bonds. The fourth-order valence-electron chi connectivity index (χ4n) is 2.32. The molecule has 0 saturated heterocycles. The normalized spacial score (nSPS) is 18.2. The van der Waals surface area contributed by atoms with Crippen molar-refractivity contribution in [3.8, 4) is 0 Å². The van der Waals surface area contributed by atoms with Crippen LogP contribution >= 0.6 is 0 Å². The SMILES string of the molecule is CNCCc1cnn(C2CCCCC2)c1. The second-order valence-corrected chi connectivity index (χ2v) is 4.47. The van der Waals surface area contributed by atoms with Crippen LogP contribution in [0.4, 0.5) is 0 Å². The minimum atomic E-state index is 0.669. The summed E-state index contributed by atoms with van der Waals surface area (Å²) in [5.74, 6) is 0. The Labute approximate surface area is 91.9 Å². The summed E-state index contributed by atoms with van der Waals surface area (Å²) in [4.78, 5) is 0. The highest BCUT2D eigenvalue weighted by Gasteiger charge is 2.15. The zero-order chi connectivity index (χ0) is 10.5. The van der Waals surface area contributed by atoms with Gasteiger partial charge in [0, 0.05) is 6.20 Å². The summed E-state index contributed by atoms with van der Waals surface area (Å²) in [6.45, 7) is 1.04. The highest BCUT2D eigenvalue weighted by molar-refractivity contribution is 5.05. The third-order valence-electron chi connectivity index (χ3n) is 3.27. The Morgan fingerprint density at radius 2 is 2.20 bits per heavy atom. The molecule has 1 heterocycles. The number of nitrogens with one attached hydrogen (secondary N) is 1. The van der Waals surface area contributed by atoms with Gasteiger partial charge in [-0.1, -0.05) is 19.3 Å². The fourth-order valence-corrected chi connectivity index (χ4v) is 2.32. The van der Waals surface area contributed by atoms with Gasteiger partial charge >= 0.3 is 0 Å². The molecule has 0 aliphatic heterocycles. The van der Waals surface area contributed by atoms with Crippen LogP contribution in [0.25, 0.3) is 0 Å². The van der Waals surface area contributed by atoms with E-state index in [0.717, 1.165) is 13.0 Å². The smallest absolute Gasteiger partial charge is 0.0522 e. The van der Waals surface area contributed by atoms with E-state index < -0.39 is 0 Å². The first-order valence-corrected chi connectivity index (χ1v) is 6.08. The van der Waals surface area contributed by atoms with Gasteiger partial charge < -0.3 is 5.32 Å². The predicted molar refractivity (Wildman–Crippen MR) is 62.0 cm³/mol. The number of hydrogen-bond acceptors (Lipinski definition) is 2. The summed E-state index contributed by atoms with van der Waals surface area (Å²) in [6.07, 6.45) is 12.1. The summed E-state index contributed by atoms with van der Waals surface area (Å²) in [5.41, 5.74) is 1.36. The highest BCUT2D eigenvalue weighted by atomic mass is 15.3. The Hall–Kier alpha value is -0.830. The van der Waals surface area contributed by atoms with Crippen LogP contribution < -0.4 is 5.32 Å². The number of hydrogen-bond donors (Lipinski definition) is 1. The van der Waals surface area contributed by atoms with Crippen molar-refractivity contribution in [3.63, 3.8) is 0 Å². The fraction of sp³-hybridized carbons (Fsp3) is 0.750. The molecule has 0 aromatic carbocycles. The third-order valence-corrected chi connectivity index (χ3v) is 3.27. The molecule has 0 spiro atoms. The average molecular weight is 207 g/mol. The topological polar surface area (TPSA) is 29.9 Å². The molecule has 84 valence electrons. The van der Waals surface area contributed by atoms with E-state index in [-0.39, 0.29) is 0 Å². The Bertz CT molecular complexity index is 287. The molecule has 1 N–H and O–H groups in total. The molecule has 3 heteroatoms. The maximum absolute atomic E-state index is 4.48. The molecule has 0 bridgehead atoms. The molecule has 1 aliphatic rings. The third kappa shape index (κ3) is 2.81. The lowest BCUT2D eigenvalue weighted by molar-refractivity contribution is 0.329. The first-order chi connectivity index (χ1) is 7.40. The molecule has 1 fully saturated rings. The molecule has 1 aliphatic carbocycles. The molecule has 2 rings (SSSR count). The minimum absolute atomic E-state index is 0.669. The number of nitrogens with zero attached hydrogens (tertiary/aromatic N) is 2. The maximum Gasteiger partial charge on any atom is 0.0522 e. The Morgan fingerprint density at radius 3 is 2.93 bits per heavy atom. The van der Waals surface area contributed by atoms with Gasteiger partial charge in [0.2, 0.25) is 0 Å². The van der Waals surface area contributed by atoms with E-state index in [2.05, 4.69) is 21.3 Å². The summed E-state index contributed by atoms with van der Waals surface area (Å²) in [7, 11) is 1.99. The van der Waals surface area contributed by atoms with Crippen molar-refractivity contribution in [2.24, 2.45) is 0 Å². The van der Waals surface area contributed by atoms with Crippen molar-refractivity contribution < 1.29 is 0 Å². The van der Waals surface area contributed by atoms with E-state index in [1.807, 2.05) is 13.2 Å². The molecule has 1 aromatic heterocycles. The standard InChI is InChI=1S/C12H21N3/c1-13-8-7-11-9-14-15(10-11)12-5-3-2-4-6-12/h9-10,12-13H,2-8H2,1H3. The van der Waals surface area contributed by atoms with Crippen molar-refractivity contribution in [1.29, 1.82) is 0 Å². The van der Waals surface area contributed by atoms with Crippen LogP contribution in [0, 0.1) is 0 Å². The Kier molecular flexibility index (Phi) is 3.78. The van der Waals surface area contributed by atoms with E-state index in [4.69, 9.17) is 0 Å². The van der Waals surface area contributed by atoms with Crippen molar-refractivity contribution >= 4 is 0 Å². The number of likely N-dealkylation sites (N-methyl/N-ethyl adjacent to an activating group) is 1. The molecule has 0 radical (unpaired) electrons. The summed E-state index contributed by atoms with van der Waals surface area (Å²) >= 11 is 0. The largest absolute Gasteiger partial charge is 0.319 e. The van der Waals surface area contributed by atoms with E-state index in [1.165, 1.54) is 37.7 Å². The molecule has 15 heavy (non-hydrogen) atoms. The summed E-state index contributed by atoms with van der Waals surface area (Å²) in [6, 6.07) is 0.669. The number of rotatable bonds is 4. The van der Waals surface area contributed by atoms with Gasteiger partial charge in [0.15, 0.2) is 0 Å². The zero-order valence-corrected chi connectivity index (χ0v) is 9.58. The van der Waals surface area contributed by atoms with Crippen molar-refractivity contribution in [1.82, 2.24) is 15.1 Å². The van der Waals surface area contributed by atoms with Crippen LogP contribution in [-0.2, 0) is 6.42 Å².